The Morgan fingerprint density at radius 2 is 1.80 bits per heavy atom. The molecule has 0 unspecified atom stereocenters. The molecule has 2 heteroatoms. The number of benzene rings is 1. The van der Waals surface area contributed by atoms with E-state index in [1.54, 1.807) is 0 Å². The van der Waals surface area contributed by atoms with E-state index in [0.717, 1.165) is 17.9 Å². The zero-order chi connectivity index (χ0) is 11.5. The van der Waals surface area contributed by atoms with Crippen LogP contribution in [0.25, 0.3) is 0 Å². The lowest BCUT2D eigenvalue weighted by Gasteiger charge is -2.16. The highest BCUT2D eigenvalue weighted by molar-refractivity contribution is 5.49. The second-order valence-electron chi connectivity index (χ2n) is 3.70. The van der Waals surface area contributed by atoms with Gasteiger partial charge < -0.3 is 9.47 Å². The van der Waals surface area contributed by atoms with Crippen molar-refractivity contribution in [3.8, 4) is 11.5 Å². The van der Waals surface area contributed by atoms with Crippen LogP contribution >= 0.6 is 0 Å². The maximum Gasteiger partial charge on any atom is 0.246 e. The number of para-hydroxylation sites is 1. The first-order valence-corrected chi connectivity index (χ1v) is 5.62. The normalized spacial score (nSPS) is 15.5. The topological polar surface area (TPSA) is 18.5 Å². The van der Waals surface area contributed by atoms with E-state index in [4.69, 9.17) is 9.47 Å². The van der Waals surface area contributed by atoms with Crippen LogP contribution in [0, 0.1) is 0 Å². The number of fused-ring (bicyclic) bond motifs is 1. The van der Waals surface area contributed by atoms with Crippen molar-refractivity contribution in [3.05, 3.63) is 23.8 Å². The molecule has 0 spiro atoms. The quantitative estimate of drug-likeness (QED) is 0.699. The fourth-order valence-corrected chi connectivity index (χ4v) is 1.57. The predicted molar refractivity (Wildman–Crippen MR) is 62.5 cm³/mol. The number of hydrogen-bond donors (Lipinski definition) is 0. The lowest BCUT2D eigenvalue weighted by molar-refractivity contribution is -0.0434. The number of ether oxygens (including phenoxy) is 2. The molecule has 0 saturated carbocycles. The monoisotopic (exact) mass is 208 g/mol. The summed E-state index contributed by atoms with van der Waals surface area (Å²) >= 11 is 0. The highest BCUT2D eigenvalue weighted by atomic mass is 16.7. The fourth-order valence-electron chi connectivity index (χ4n) is 1.57. The van der Waals surface area contributed by atoms with Gasteiger partial charge in [0.25, 0.3) is 0 Å². The van der Waals surface area contributed by atoms with Crippen molar-refractivity contribution in [2.45, 2.75) is 46.8 Å². The summed E-state index contributed by atoms with van der Waals surface area (Å²) in [4.78, 5) is 0. The lowest BCUT2D eigenvalue weighted by atomic mass is 10.1. The highest BCUT2D eigenvalue weighted by Gasteiger charge is 2.32. The molecule has 1 aliphatic heterocycles. The molecule has 1 aromatic carbocycles. The molecule has 0 amide bonds. The predicted octanol–water partition coefficient (Wildman–Crippen LogP) is 3.78. The van der Waals surface area contributed by atoms with Crippen LogP contribution in [0.1, 0.15) is 40.2 Å². The summed E-state index contributed by atoms with van der Waals surface area (Å²) in [6, 6.07) is 6.02. The third kappa shape index (κ3) is 2.44. The van der Waals surface area contributed by atoms with Gasteiger partial charge >= 0.3 is 0 Å². The maximum absolute atomic E-state index is 5.69. The molecule has 0 fully saturated rings. The standard InChI is InChI=1S/C11H14O2.C2H6/c1-4-8-6-5-7-9-10(8)13-11(2,3)12-9;1-2/h5-7H,4H2,1-3H3;1-2H3. The minimum Gasteiger partial charge on any atom is -0.449 e. The van der Waals surface area contributed by atoms with Gasteiger partial charge in [0.05, 0.1) is 0 Å². The number of aryl methyl sites for hydroxylation is 1. The summed E-state index contributed by atoms with van der Waals surface area (Å²) in [7, 11) is 0. The Morgan fingerprint density at radius 3 is 2.40 bits per heavy atom. The van der Waals surface area contributed by atoms with E-state index >= 15 is 0 Å². The van der Waals surface area contributed by atoms with Crippen LogP contribution in [0.4, 0.5) is 0 Å². The highest BCUT2D eigenvalue weighted by Crippen LogP contribution is 2.41. The van der Waals surface area contributed by atoms with E-state index in [-0.39, 0.29) is 0 Å². The van der Waals surface area contributed by atoms with Crippen molar-refractivity contribution in [1.29, 1.82) is 0 Å². The van der Waals surface area contributed by atoms with E-state index in [9.17, 15) is 0 Å². The molecule has 0 aliphatic carbocycles. The Morgan fingerprint density at radius 1 is 1.13 bits per heavy atom. The summed E-state index contributed by atoms with van der Waals surface area (Å²) in [6.07, 6.45) is 0.975. The third-order valence-electron chi connectivity index (χ3n) is 2.14. The fraction of sp³-hybridized carbons (Fsp3) is 0.538. The summed E-state index contributed by atoms with van der Waals surface area (Å²) in [5.41, 5.74) is 1.21. The molecule has 2 rings (SSSR count). The smallest absolute Gasteiger partial charge is 0.246 e. The van der Waals surface area contributed by atoms with E-state index in [2.05, 4.69) is 13.0 Å². The van der Waals surface area contributed by atoms with Crippen LogP contribution in [-0.2, 0) is 6.42 Å². The third-order valence-corrected chi connectivity index (χ3v) is 2.14. The van der Waals surface area contributed by atoms with Gasteiger partial charge in [-0.3, -0.25) is 0 Å². The minimum absolute atomic E-state index is 0.506. The van der Waals surface area contributed by atoms with Crippen LogP contribution in [0.2, 0.25) is 0 Å². The first-order chi connectivity index (χ1) is 7.12. The Bertz CT molecular complexity index is 329. The van der Waals surface area contributed by atoms with Crippen LogP contribution in [0.15, 0.2) is 18.2 Å². The van der Waals surface area contributed by atoms with Gasteiger partial charge in [-0.15, -0.1) is 0 Å². The Hall–Kier alpha value is -1.18. The molecule has 0 N–H and O–H groups in total. The van der Waals surface area contributed by atoms with Crippen molar-refractivity contribution in [2.75, 3.05) is 0 Å². The largest absolute Gasteiger partial charge is 0.449 e. The van der Waals surface area contributed by atoms with E-state index < -0.39 is 5.79 Å². The molecule has 0 radical (unpaired) electrons. The van der Waals surface area contributed by atoms with Gasteiger partial charge in [0.15, 0.2) is 11.5 Å². The van der Waals surface area contributed by atoms with Crippen molar-refractivity contribution in [1.82, 2.24) is 0 Å². The maximum atomic E-state index is 5.69. The van der Waals surface area contributed by atoms with Crippen LogP contribution in [0.5, 0.6) is 11.5 Å². The summed E-state index contributed by atoms with van der Waals surface area (Å²) in [6.45, 7) is 9.96. The molecule has 84 valence electrons. The van der Waals surface area contributed by atoms with Crippen LogP contribution < -0.4 is 9.47 Å². The Labute approximate surface area is 92.2 Å². The van der Waals surface area contributed by atoms with Crippen LogP contribution in [0.3, 0.4) is 0 Å². The summed E-state index contributed by atoms with van der Waals surface area (Å²) < 4.78 is 11.3. The van der Waals surface area contributed by atoms with Gasteiger partial charge in [0.2, 0.25) is 5.79 Å². The van der Waals surface area contributed by atoms with Crippen molar-refractivity contribution < 1.29 is 9.47 Å². The average Bonchev–Trinajstić information content (AvgIpc) is 2.54. The van der Waals surface area contributed by atoms with Crippen molar-refractivity contribution in [2.24, 2.45) is 0 Å². The summed E-state index contributed by atoms with van der Waals surface area (Å²) in [5, 5.41) is 0. The first-order valence-electron chi connectivity index (χ1n) is 5.62. The molecule has 2 nitrogen and oxygen atoms in total. The van der Waals surface area contributed by atoms with E-state index in [1.165, 1.54) is 5.56 Å². The molecule has 0 saturated heterocycles. The zero-order valence-electron chi connectivity index (χ0n) is 10.3. The lowest BCUT2D eigenvalue weighted by Crippen LogP contribution is -2.29. The van der Waals surface area contributed by atoms with E-state index in [0.29, 0.717) is 0 Å². The SMILES string of the molecule is CC.CCc1cccc2c1OC(C)(C)O2. The van der Waals surface area contributed by atoms with Gasteiger partial charge in [-0.25, -0.2) is 0 Å². The number of hydrogen-bond acceptors (Lipinski definition) is 2. The van der Waals surface area contributed by atoms with Gasteiger partial charge in [-0.05, 0) is 18.1 Å². The molecular formula is C13H20O2. The Balaban J connectivity index is 0.000000531. The Kier molecular flexibility index (Phi) is 3.61. The summed E-state index contributed by atoms with van der Waals surface area (Å²) in [5.74, 6) is 1.27. The molecular weight excluding hydrogens is 188 g/mol. The van der Waals surface area contributed by atoms with Gasteiger partial charge in [-0.1, -0.05) is 32.9 Å². The average molecular weight is 208 g/mol. The second-order valence-corrected chi connectivity index (χ2v) is 3.70. The van der Waals surface area contributed by atoms with Gasteiger partial charge in [0.1, 0.15) is 0 Å². The minimum atomic E-state index is -0.506. The first kappa shape index (κ1) is 11.9. The molecule has 0 atom stereocenters. The van der Waals surface area contributed by atoms with Crippen molar-refractivity contribution >= 4 is 0 Å². The van der Waals surface area contributed by atoms with Gasteiger partial charge in [-0.2, -0.15) is 0 Å². The molecule has 1 heterocycles. The molecule has 1 aromatic rings. The second kappa shape index (κ2) is 4.56. The van der Waals surface area contributed by atoms with Gasteiger partial charge in [0, 0.05) is 13.8 Å². The van der Waals surface area contributed by atoms with Crippen molar-refractivity contribution in [3.63, 3.8) is 0 Å². The zero-order valence-corrected chi connectivity index (χ0v) is 10.3. The van der Waals surface area contributed by atoms with E-state index in [1.807, 2.05) is 39.8 Å². The molecule has 1 aliphatic rings. The van der Waals surface area contributed by atoms with Crippen LogP contribution in [-0.4, -0.2) is 5.79 Å². The molecule has 0 aromatic heterocycles. The molecule has 15 heavy (non-hydrogen) atoms. The number of rotatable bonds is 1. The molecule has 0 bridgehead atoms.